The number of alkyl carbamates (subject to hydrolysis) is 1. The summed E-state index contributed by atoms with van der Waals surface area (Å²) in [5, 5.41) is 12.2. The molecule has 0 heterocycles. The smallest absolute Gasteiger partial charge is 0.408 e. The molecule has 2 rings (SSSR count). The Bertz CT molecular complexity index is 863. The number of carboxylic acid groups (broad SMARTS) is 1. The van der Waals surface area contributed by atoms with Crippen molar-refractivity contribution >= 4 is 34.7 Å². The summed E-state index contributed by atoms with van der Waals surface area (Å²) in [6.07, 6.45) is -0.656. The van der Waals surface area contributed by atoms with Gasteiger partial charge in [0.25, 0.3) is 0 Å². The number of amides is 1. The lowest BCUT2D eigenvalue weighted by Gasteiger charge is -2.28. The van der Waals surface area contributed by atoms with Gasteiger partial charge in [-0.2, -0.15) is 0 Å². The van der Waals surface area contributed by atoms with Crippen LogP contribution in [0.3, 0.4) is 0 Å². The summed E-state index contributed by atoms with van der Waals surface area (Å²) < 4.78 is 11.9. The number of hydrogen-bond acceptors (Lipinski definition) is 4. The Morgan fingerprint density at radius 2 is 1.69 bits per heavy atom. The van der Waals surface area contributed by atoms with E-state index >= 15 is 0 Å². The van der Waals surface area contributed by atoms with E-state index in [1.165, 1.54) is 6.92 Å². The molecule has 0 aromatic heterocycles. The average Bonchev–Trinajstić information content (AvgIpc) is 2.60. The number of halogens is 1. The largest absolute Gasteiger partial charge is 0.488 e. The molecule has 0 aliphatic heterocycles. The highest BCUT2D eigenvalue weighted by Crippen LogP contribution is 2.25. The molecule has 156 valence electrons. The van der Waals surface area contributed by atoms with Crippen LogP contribution in [-0.2, 0) is 22.6 Å². The monoisotopic (exact) mass is 511 g/mol. The van der Waals surface area contributed by atoms with Crippen molar-refractivity contribution in [2.75, 3.05) is 0 Å². The van der Waals surface area contributed by atoms with Gasteiger partial charge in [-0.15, -0.1) is 0 Å². The molecule has 2 aromatic rings. The van der Waals surface area contributed by atoms with E-state index < -0.39 is 23.2 Å². The Hall–Kier alpha value is -2.29. The lowest BCUT2D eigenvalue weighted by molar-refractivity contribution is -0.144. The summed E-state index contributed by atoms with van der Waals surface area (Å²) in [4.78, 5) is 23.9. The van der Waals surface area contributed by atoms with E-state index in [0.717, 1.165) is 20.4 Å². The number of carbonyl (C=O) groups is 2. The minimum Gasteiger partial charge on any atom is -0.488 e. The van der Waals surface area contributed by atoms with Crippen LogP contribution in [0.25, 0.3) is 0 Å². The topological polar surface area (TPSA) is 84.9 Å². The number of hydrogen-bond donors (Lipinski definition) is 2. The highest BCUT2D eigenvalue weighted by Gasteiger charge is 2.36. The van der Waals surface area contributed by atoms with Gasteiger partial charge in [-0.05, 0) is 73.5 Å². The second kappa shape index (κ2) is 9.47. The second-order valence-corrected chi connectivity index (χ2v) is 9.14. The molecule has 6 nitrogen and oxygen atoms in total. The van der Waals surface area contributed by atoms with Gasteiger partial charge in [0.15, 0.2) is 0 Å². The fourth-order valence-corrected chi connectivity index (χ4v) is 3.35. The van der Waals surface area contributed by atoms with Gasteiger partial charge in [0.05, 0.1) is 3.57 Å². The Labute approximate surface area is 184 Å². The molecule has 1 amide bonds. The molecule has 1 atom stereocenters. The second-order valence-electron chi connectivity index (χ2n) is 7.98. The minimum absolute atomic E-state index is 0.108. The molecule has 0 aliphatic carbocycles. The number of benzene rings is 2. The standard InChI is InChI=1S/C22H26INO5/c1-21(2,3)29-20(27)24-22(4,19(25)26)13-16-10-11-18(17(23)12-16)28-14-15-8-6-5-7-9-15/h5-12H,13-14H2,1-4H3,(H,24,27)(H,25,26). The van der Waals surface area contributed by atoms with Crippen molar-refractivity contribution in [3.8, 4) is 5.75 Å². The first-order valence-electron chi connectivity index (χ1n) is 9.18. The van der Waals surface area contributed by atoms with Crippen LogP contribution in [-0.4, -0.2) is 28.3 Å². The highest BCUT2D eigenvalue weighted by molar-refractivity contribution is 14.1. The zero-order chi connectivity index (χ0) is 21.7. The third kappa shape index (κ3) is 7.23. The summed E-state index contributed by atoms with van der Waals surface area (Å²) >= 11 is 2.16. The van der Waals surface area contributed by atoms with E-state index in [4.69, 9.17) is 9.47 Å². The Morgan fingerprint density at radius 1 is 1.03 bits per heavy atom. The molecule has 0 saturated carbocycles. The number of aliphatic carboxylic acids is 1. The zero-order valence-corrected chi connectivity index (χ0v) is 19.1. The Kier molecular flexibility index (Phi) is 7.51. The molecule has 1 unspecified atom stereocenters. The maximum absolute atomic E-state index is 12.1. The highest BCUT2D eigenvalue weighted by atomic mass is 127. The third-order valence-electron chi connectivity index (χ3n) is 4.04. The fraction of sp³-hybridized carbons (Fsp3) is 0.364. The number of rotatable bonds is 7. The van der Waals surface area contributed by atoms with Crippen molar-refractivity contribution in [2.24, 2.45) is 0 Å². The first-order valence-corrected chi connectivity index (χ1v) is 10.3. The molecule has 29 heavy (non-hydrogen) atoms. The van der Waals surface area contributed by atoms with Crippen molar-refractivity contribution in [3.05, 3.63) is 63.2 Å². The minimum atomic E-state index is -1.50. The van der Waals surface area contributed by atoms with Gasteiger partial charge < -0.3 is 19.9 Å². The molecular weight excluding hydrogens is 485 g/mol. The van der Waals surface area contributed by atoms with E-state index in [9.17, 15) is 14.7 Å². The van der Waals surface area contributed by atoms with Gasteiger partial charge in [0.2, 0.25) is 0 Å². The van der Waals surface area contributed by atoms with Gasteiger partial charge in [0, 0.05) is 6.42 Å². The first kappa shape index (κ1) is 23.0. The van der Waals surface area contributed by atoms with Crippen LogP contribution in [0.1, 0.15) is 38.8 Å². The van der Waals surface area contributed by atoms with Crippen LogP contribution < -0.4 is 10.1 Å². The van der Waals surface area contributed by atoms with Crippen LogP contribution in [0.5, 0.6) is 5.75 Å². The first-order chi connectivity index (χ1) is 13.5. The molecule has 0 aliphatic rings. The van der Waals surface area contributed by atoms with Crippen LogP contribution in [0, 0.1) is 3.57 Å². The Morgan fingerprint density at radius 3 is 2.24 bits per heavy atom. The number of carbonyl (C=O) groups excluding carboxylic acids is 1. The molecule has 0 spiro atoms. The van der Waals surface area contributed by atoms with Crippen molar-refractivity contribution in [1.82, 2.24) is 5.32 Å². The lowest BCUT2D eigenvalue weighted by Crippen LogP contribution is -2.54. The summed E-state index contributed by atoms with van der Waals surface area (Å²) in [6.45, 7) is 7.08. The molecular formula is C22H26INO5. The van der Waals surface area contributed by atoms with Gasteiger partial charge >= 0.3 is 12.1 Å². The molecule has 7 heteroatoms. The predicted octanol–water partition coefficient (Wildman–Crippen LogP) is 4.78. The summed E-state index contributed by atoms with van der Waals surface area (Å²) in [5.41, 5.74) is -0.385. The van der Waals surface area contributed by atoms with Crippen LogP contribution in [0.4, 0.5) is 4.79 Å². The molecule has 0 fully saturated rings. The normalized spacial score (nSPS) is 13.3. The van der Waals surface area contributed by atoms with Crippen LogP contribution in [0.15, 0.2) is 48.5 Å². The molecule has 0 saturated heterocycles. The molecule has 0 radical (unpaired) electrons. The van der Waals surface area contributed by atoms with Gasteiger partial charge in [-0.1, -0.05) is 36.4 Å². The summed E-state index contributed by atoms with van der Waals surface area (Å²) in [7, 11) is 0. The van der Waals surface area contributed by atoms with Gasteiger partial charge in [0.1, 0.15) is 23.5 Å². The average molecular weight is 511 g/mol. The van der Waals surface area contributed by atoms with Crippen molar-refractivity contribution in [1.29, 1.82) is 0 Å². The van der Waals surface area contributed by atoms with Crippen LogP contribution >= 0.6 is 22.6 Å². The quantitative estimate of drug-likeness (QED) is 0.523. The molecule has 2 N–H and O–H groups in total. The van der Waals surface area contributed by atoms with Crippen molar-refractivity contribution in [3.63, 3.8) is 0 Å². The zero-order valence-electron chi connectivity index (χ0n) is 17.0. The van der Waals surface area contributed by atoms with E-state index in [1.807, 2.05) is 42.5 Å². The number of ether oxygens (including phenoxy) is 2. The molecule has 0 bridgehead atoms. The summed E-state index contributed by atoms with van der Waals surface area (Å²) in [5.74, 6) is -0.418. The summed E-state index contributed by atoms with van der Waals surface area (Å²) in [6, 6.07) is 15.3. The number of carboxylic acids is 1. The predicted molar refractivity (Wildman–Crippen MR) is 119 cm³/mol. The fourth-order valence-electron chi connectivity index (χ4n) is 2.62. The number of nitrogens with one attached hydrogen (secondary N) is 1. The van der Waals surface area contributed by atoms with Gasteiger partial charge in [-0.25, -0.2) is 9.59 Å². The van der Waals surface area contributed by atoms with Crippen LogP contribution in [0.2, 0.25) is 0 Å². The Balaban J connectivity index is 2.08. The van der Waals surface area contributed by atoms with E-state index in [-0.39, 0.29) is 6.42 Å². The van der Waals surface area contributed by atoms with E-state index in [2.05, 4.69) is 27.9 Å². The van der Waals surface area contributed by atoms with E-state index in [1.54, 1.807) is 26.8 Å². The SMILES string of the molecule is CC(C)(C)OC(=O)NC(C)(Cc1ccc(OCc2ccccc2)c(I)c1)C(=O)O. The van der Waals surface area contributed by atoms with Gasteiger partial charge in [-0.3, -0.25) is 0 Å². The maximum atomic E-state index is 12.1. The molecule has 2 aromatic carbocycles. The van der Waals surface area contributed by atoms with Crippen molar-refractivity contribution in [2.45, 2.75) is 51.9 Å². The van der Waals surface area contributed by atoms with Crippen molar-refractivity contribution < 1.29 is 24.2 Å². The van der Waals surface area contributed by atoms with E-state index in [0.29, 0.717) is 6.61 Å². The third-order valence-corrected chi connectivity index (χ3v) is 4.88. The maximum Gasteiger partial charge on any atom is 0.408 e. The lowest BCUT2D eigenvalue weighted by atomic mass is 9.93.